The fraction of sp³-hybridized carbons (Fsp3) is 0.375. The standard InChI is InChI=1S/C16H18N2O3/c1-21-13-5-7-14-11(10-13)2-6-15(17-14)16(20)18(8-9-19)12-3-4-12/h2,5-7,10,12,19H,3-4,8-9H2,1H3. The molecule has 0 aliphatic heterocycles. The third-order valence-electron chi connectivity index (χ3n) is 3.70. The third-order valence-corrected chi connectivity index (χ3v) is 3.70. The highest BCUT2D eigenvalue weighted by atomic mass is 16.5. The van der Waals surface area contributed by atoms with E-state index >= 15 is 0 Å². The molecule has 0 unspecified atom stereocenters. The summed E-state index contributed by atoms with van der Waals surface area (Å²) in [5, 5.41) is 10.0. The van der Waals surface area contributed by atoms with Crippen LogP contribution in [0.2, 0.25) is 0 Å². The zero-order chi connectivity index (χ0) is 14.8. The van der Waals surface area contributed by atoms with Crippen LogP contribution in [0.3, 0.4) is 0 Å². The molecule has 1 aliphatic carbocycles. The van der Waals surface area contributed by atoms with Gasteiger partial charge >= 0.3 is 0 Å². The number of aliphatic hydroxyl groups is 1. The molecule has 0 radical (unpaired) electrons. The van der Waals surface area contributed by atoms with Crippen LogP contribution in [0.25, 0.3) is 10.9 Å². The van der Waals surface area contributed by atoms with Gasteiger partial charge < -0.3 is 14.7 Å². The van der Waals surface area contributed by atoms with Crippen molar-refractivity contribution in [1.29, 1.82) is 0 Å². The average molecular weight is 286 g/mol. The highest BCUT2D eigenvalue weighted by Gasteiger charge is 2.33. The van der Waals surface area contributed by atoms with Crippen LogP contribution in [0, 0.1) is 0 Å². The minimum absolute atomic E-state index is 0.0208. The Morgan fingerprint density at radius 3 is 2.86 bits per heavy atom. The van der Waals surface area contributed by atoms with Crippen LogP contribution in [0.4, 0.5) is 0 Å². The largest absolute Gasteiger partial charge is 0.497 e. The molecule has 0 bridgehead atoms. The smallest absolute Gasteiger partial charge is 0.272 e. The SMILES string of the molecule is COc1ccc2nc(C(=O)N(CCO)C3CC3)ccc2c1. The molecule has 1 aliphatic rings. The van der Waals surface area contributed by atoms with E-state index in [-0.39, 0.29) is 18.6 Å². The van der Waals surface area contributed by atoms with Gasteiger partial charge in [-0.05, 0) is 37.1 Å². The van der Waals surface area contributed by atoms with Crippen molar-refractivity contribution < 1.29 is 14.6 Å². The molecule has 0 spiro atoms. The van der Waals surface area contributed by atoms with Crippen LogP contribution >= 0.6 is 0 Å². The summed E-state index contributed by atoms with van der Waals surface area (Å²) >= 11 is 0. The molecule has 1 N–H and O–H groups in total. The Morgan fingerprint density at radius 1 is 1.38 bits per heavy atom. The van der Waals surface area contributed by atoms with Gasteiger partial charge in [0.05, 0.1) is 19.2 Å². The first kappa shape index (κ1) is 13.8. The summed E-state index contributed by atoms with van der Waals surface area (Å²) in [5.41, 5.74) is 1.19. The predicted octanol–water partition coefficient (Wildman–Crippen LogP) is 1.84. The maximum absolute atomic E-state index is 12.5. The Balaban J connectivity index is 1.90. The quantitative estimate of drug-likeness (QED) is 0.911. The minimum Gasteiger partial charge on any atom is -0.497 e. The topological polar surface area (TPSA) is 62.7 Å². The molecule has 1 aromatic heterocycles. The van der Waals surface area contributed by atoms with Gasteiger partial charge in [-0.3, -0.25) is 4.79 Å². The number of methoxy groups -OCH3 is 1. The second-order valence-electron chi connectivity index (χ2n) is 5.21. The number of hydrogen-bond acceptors (Lipinski definition) is 4. The number of aliphatic hydroxyl groups excluding tert-OH is 1. The molecule has 5 nitrogen and oxygen atoms in total. The van der Waals surface area contributed by atoms with E-state index in [2.05, 4.69) is 4.98 Å². The summed E-state index contributed by atoms with van der Waals surface area (Å²) in [4.78, 5) is 18.7. The van der Waals surface area contributed by atoms with Gasteiger partial charge in [-0.1, -0.05) is 6.07 Å². The van der Waals surface area contributed by atoms with Gasteiger partial charge in [0.15, 0.2) is 0 Å². The van der Waals surface area contributed by atoms with E-state index in [1.807, 2.05) is 24.3 Å². The van der Waals surface area contributed by atoms with E-state index in [1.54, 1.807) is 18.1 Å². The Hall–Kier alpha value is -2.14. The van der Waals surface area contributed by atoms with Crippen molar-refractivity contribution in [1.82, 2.24) is 9.88 Å². The van der Waals surface area contributed by atoms with Gasteiger partial charge in [0.1, 0.15) is 11.4 Å². The first-order chi connectivity index (χ1) is 10.2. The number of rotatable bonds is 5. The molecule has 21 heavy (non-hydrogen) atoms. The fourth-order valence-corrected chi connectivity index (χ4v) is 2.44. The Bertz CT molecular complexity index is 668. The lowest BCUT2D eigenvalue weighted by Crippen LogP contribution is -2.35. The fourth-order valence-electron chi connectivity index (χ4n) is 2.44. The predicted molar refractivity (Wildman–Crippen MR) is 79.4 cm³/mol. The highest BCUT2D eigenvalue weighted by Crippen LogP contribution is 2.28. The summed E-state index contributed by atoms with van der Waals surface area (Å²) in [5.74, 6) is 0.660. The maximum atomic E-state index is 12.5. The van der Waals surface area contributed by atoms with E-state index in [0.29, 0.717) is 12.2 Å². The van der Waals surface area contributed by atoms with Gasteiger partial charge in [-0.15, -0.1) is 0 Å². The number of aromatic nitrogens is 1. The van der Waals surface area contributed by atoms with Crippen LogP contribution < -0.4 is 4.74 Å². The first-order valence-corrected chi connectivity index (χ1v) is 7.09. The molecule has 0 atom stereocenters. The van der Waals surface area contributed by atoms with E-state index in [1.165, 1.54) is 0 Å². The van der Waals surface area contributed by atoms with Crippen molar-refractivity contribution in [2.75, 3.05) is 20.3 Å². The minimum atomic E-state index is -0.107. The number of ether oxygens (including phenoxy) is 1. The number of carbonyl (C=O) groups excluding carboxylic acids is 1. The number of carbonyl (C=O) groups is 1. The van der Waals surface area contributed by atoms with Crippen LogP contribution in [-0.2, 0) is 0 Å². The summed E-state index contributed by atoms with van der Waals surface area (Å²) in [6, 6.07) is 9.44. The van der Waals surface area contributed by atoms with E-state index < -0.39 is 0 Å². The van der Waals surface area contributed by atoms with Crippen LogP contribution in [0.1, 0.15) is 23.3 Å². The van der Waals surface area contributed by atoms with Crippen LogP contribution in [0.15, 0.2) is 30.3 Å². The molecule has 1 amide bonds. The lowest BCUT2D eigenvalue weighted by Gasteiger charge is -2.20. The van der Waals surface area contributed by atoms with Crippen LogP contribution in [0.5, 0.6) is 5.75 Å². The number of hydrogen-bond donors (Lipinski definition) is 1. The van der Waals surface area contributed by atoms with Gasteiger partial charge in [0.25, 0.3) is 5.91 Å². The lowest BCUT2D eigenvalue weighted by molar-refractivity contribution is 0.0702. The normalized spacial score (nSPS) is 14.2. The monoisotopic (exact) mass is 286 g/mol. The second-order valence-corrected chi connectivity index (χ2v) is 5.21. The van der Waals surface area contributed by atoms with Crippen molar-refractivity contribution >= 4 is 16.8 Å². The van der Waals surface area contributed by atoms with Gasteiger partial charge in [-0.25, -0.2) is 4.98 Å². The molecule has 2 aromatic rings. The summed E-state index contributed by atoms with van der Waals surface area (Å²) in [7, 11) is 1.62. The molecule has 1 fully saturated rings. The van der Waals surface area contributed by atoms with E-state index in [9.17, 15) is 4.79 Å². The zero-order valence-electron chi connectivity index (χ0n) is 12.0. The average Bonchev–Trinajstić information content (AvgIpc) is 3.35. The summed E-state index contributed by atoms with van der Waals surface area (Å²) < 4.78 is 5.18. The Morgan fingerprint density at radius 2 is 2.19 bits per heavy atom. The Labute approximate surface area is 123 Å². The number of amides is 1. The molecule has 0 saturated heterocycles. The molecule has 1 heterocycles. The van der Waals surface area contributed by atoms with Crippen LogP contribution in [-0.4, -0.2) is 47.2 Å². The third kappa shape index (κ3) is 2.83. The molecule has 3 rings (SSSR count). The number of pyridine rings is 1. The maximum Gasteiger partial charge on any atom is 0.272 e. The van der Waals surface area contributed by atoms with E-state index in [0.717, 1.165) is 29.5 Å². The zero-order valence-corrected chi connectivity index (χ0v) is 12.0. The van der Waals surface area contributed by atoms with E-state index in [4.69, 9.17) is 9.84 Å². The highest BCUT2D eigenvalue weighted by molar-refractivity contribution is 5.95. The first-order valence-electron chi connectivity index (χ1n) is 7.09. The molecular weight excluding hydrogens is 268 g/mol. The number of benzene rings is 1. The van der Waals surface area contributed by atoms with Gasteiger partial charge in [0, 0.05) is 18.0 Å². The van der Waals surface area contributed by atoms with Crippen molar-refractivity contribution in [3.05, 3.63) is 36.0 Å². The molecule has 110 valence electrons. The summed E-state index contributed by atoms with van der Waals surface area (Å²) in [6.45, 7) is 0.346. The lowest BCUT2D eigenvalue weighted by atomic mass is 10.2. The number of nitrogens with zero attached hydrogens (tertiary/aromatic N) is 2. The summed E-state index contributed by atoms with van der Waals surface area (Å²) in [6.07, 6.45) is 2.02. The van der Waals surface area contributed by atoms with Crippen molar-refractivity contribution in [2.24, 2.45) is 0 Å². The van der Waals surface area contributed by atoms with Crippen molar-refractivity contribution in [2.45, 2.75) is 18.9 Å². The molecular formula is C16H18N2O3. The van der Waals surface area contributed by atoms with Crippen molar-refractivity contribution in [3.63, 3.8) is 0 Å². The molecule has 1 aromatic carbocycles. The molecule has 5 heteroatoms. The number of fused-ring (bicyclic) bond motifs is 1. The van der Waals surface area contributed by atoms with Gasteiger partial charge in [-0.2, -0.15) is 0 Å². The van der Waals surface area contributed by atoms with Crippen molar-refractivity contribution in [3.8, 4) is 5.75 Å². The van der Waals surface area contributed by atoms with Gasteiger partial charge in [0.2, 0.25) is 0 Å². The second kappa shape index (κ2) is 5.69. The molecule has 1 saturated carbocycles. The Kier molecular flexibility index (Phi) is 3.75.